The lowest BCUT2D eigenvalue weighted by Gasteiger charge is -2.41. The van der Waals surface area contributed by atoms with Crippen LogP contribution in [-0.2, 0) is 0 Å². The first-order valence-corrected chi connectivity index (χ1v) is 6.12. The Morgan fingerprint density at radius 1 is 1.50 bits per heavy atom. The van der Waals surface area contributed by atoms with E-state index in [1.807, 2.05) is 11.8 Å². The number of benzene rings is 1. The van der Waals surface area contributed by atoms with E-state index in [0.717, 1.165) is 5.69 Å². The number of nitrogens with zero attached hydrogens (tertiary/aromatic N) is 1. The topological polar surface area (TPSA) is 44.7 Å². The molecule has 0 bridgehead atoms. The smallest absolute Gasteiger partial charge is 0.148 e. The Kier molecular flexibility index (Phi) is 2.26. The summed E-state index contributed by atoms with van der Waals surface area (Å²) in [4.78, 5) is 2.01. The second-order valence-corrected chi connectivity index (χ2v) is 5.54. The van der Waals surface area contributed by atoms with E-state index in [1.54, 1.807) is 19.9 Å². The summed E-state index contributed by atoms with van der Waals surface area (Å²) in [6.07, 6.45) is -0.345. The number of hydrogen-bond acceptors (Lipinski definition) is 4. The molecule has 5 heteroatoms. The van der Waals surface area contributed by atoms with Crippen molar-refractivity contribution >= 4 is 11.4 Å². The Morgan fingerprint density at radius 3 is 2.89 bits per heavy atom. The molecule has 1 aromatic rings. The molecule has 2 aliphatic rings. The molecular weight excluding hydrogens is 235 g/mol. The Morgan fingerprint density at radius 2 is 2.22 bits per heavy atom. The maximum absolute atomic E-state index is 13.9. The number of aliphatic hydroxyl groups is 1. The van der Waals surface area contributed by atoms with Gasteiger partial charge >= 0.3 is 0 Å². The van der Waals surface area contributed by atoms with Crippen LogP contribution in [0.1, 0.15) is 20.8 Å². The van der Waals surface area contributed by atoms with Crippen LogP contribution in [-0.4, -0.2) is 29.5 Å². The Bertz CT molecular complexity index is 498. The summed E-state index contributed by atoms with van der Waals surface area (Å²) in [6.45, 7) is 5.97. The average Bonchev–Trinajstić information content (AvgIpc) is 2.69. The fourth-order valence-electron chi connectivity index (χ4n) is 2.68. The van der Waals surface area contributed by atoms with E-state index in [1.165, 1.54) is 6.07 Å². The number of hydrogen-bond donors (Lipinski definition) is 2. The largest absolute Gasteiger partial charge is 0.489 e. The lowest BCUT2D eigenvalue weighted by molar-refractivity contribution is 0.0545. The molecule has 4 nitrogen and oxygen atoms in total. The molecule has 2 N–H and O–H groups in total. The third-order valence-electron chi connectivity index (χ3n) is 3.53. The van der Waals surface area contributed by atoms with Crippen LogP contribution in [0.3, 0.4) is 0 Å². The molecule has 2 aliphatic heterocycles. The molecule has 0 radical (unpaired) electrons. The van der Waals surface area contributed by atoms with E-state index in [4.69, 9.17) is 4.74 Å². The van der Waals surface area contributed by atoms with Gasteiger partial charge in [-0.15, -0.1) is 0 Å². The van der Waals surface area contributed by atoms with Gasteiger partial charge in [0.2, 0.25) is 0 Å². The molecule has 0 saturated heterocycles. The van der Waals surface area contributed by atoms with Crippen LogP contribution in [0.15, 0.2) is 12.1 Å². The number of rotatable bonds is 1. The van der Waals surface area contributed by atoms with Crippen molar-refractivity contribution in [3.8, 4) is 5.75 Å². The van der Waals surface area contributed by atoms with Gasteiger partial charge in [0.15, 0.2) is 0 Å². The van der Waals surface area contributed by atoms with Crippen molar-refractivity contribution in [2.24, 2.45) is 0 Å². The van der Waals surface area contributed by atoms with Crippen molar-refractivity contribution in [3.63, 3.8) is 0 Å². The SMILES string of the molecule is CC1COc2ccc(F)c3c2N1C(C(C)(C)O)N3. The first-order valence-electron chi connectivity index (χ1n) is 6.12. The lowest BCUT2D eigenvalue weighted by atomic mass is 10.0. The highest BCUT2D eigenvalue weighted by atomic mass is 19.1. The molecule has 0 saturated carbocycles. The van der Waals surface area contributed by atoms with Crippen LogP contribution in [0.5, 0.6) is 5.75 Å². The van der Waals surface area contributed by atoms with Crippen LogP contribution in [0, 0.1) is 5.82 Å². The fourth-order valence-corrected chi connectivity index (χ4v) is 2.68. The van der Waals surface area contributed by atoms with Crippen molar-refractivity contribution in [1.82, 2.24) is 0 Å². The van der Waals surface area contributed by atoms with E-state index in [9.17, 15) is 9.50 Å². The van der Waals surface area contributed by atoms with Gasteiger partial charge in [0.1, 0.15) is 30.0 Å². The molecular formula is C13H17FN2O2. The van der Waals surface area contributed by atoms with Crippen molar-refractivity contribution in [1.29, 1.82) is 0 Å². The second-order valence-electron chi connectivity index (χ2n) is 5.54. The van der Waals surface area contributed by atoms with Gasteiger partial charge in [0.25, 0.3) is 0 Å². The van der Waals surface area contributed by atoms with Gasteiger partial charge in [0.05, 0.1) is 17.3 Å². The van der Waals surface area contributed by atoms with Gasteiger partial charge in [0, 0.05) is 0 Å². The van der Waals surface area contributed by atoms with Crippen LogP contribution < -0.4 is 15.0 Å². The highest BCUT2D eigenvalue weighted by molar-refractivity contribution is 5.83. The van der Waals surface area contributed by atoms with Gasteiger partial charge in [-0.2, -0.15) is 0 Å². The van der Waals surface area contributed by atoms with Crippen LogP contribution in [0.4, 0.5) is 15.8 Å². The molecule has 0 fully saturated rings. The molecule has 2 heterocycles. The van der Waals surface area contributed by atoms with E-state index in [-0.39, 0.29) is 18.0 Å². The molecule has 3 rings (SSSR count). The number of ether oxygens (including phenoxy) is 1. The molecule has 2 unspecified atom stereocenters. The summed E-state index contributed by atoms with van der Waals surface area (Å²) in [5.41, 5.74) is 0.168. The fraction of sp³-hybridized carbons (Fsp3) is 0.538. The van der Waals surface area contributed by atoms with Crippen molar-refractivity contribution in [2.45, 2.75) is 38.6 Å². The normalized spacial score (nSPS) is 25.5. The predicted octanol–water partition coefficient (Wildman–Crippen LogP) is 1.94. The highest BCUT2D eigenvalue weighted by Crippen LogP contribution is 2.48. The maximum Gasteiger partial charge on any atom is 0.148 e. The van der Waals surface area contributed by atoms with Gasteiger partial charge in [-0.25, -0.2) is 4.39 Å². The number of halogens is 1. The summed E-state index contributed by atoms with van der Waals surface area (Å²) >= 11 is 0. The number of nitrogens with one attached hydrogen (secondary N) is 1. The number of anilines is 2. The summed E-state index contributed by atoms with van der Waals surface area (Å²) < 4.78 is 19.5. The standard InChI is InChI=1S/C13H17FN2O2/c1-7-6-18-9-5-4-8(14)10-11(9)16(7)12(15-10)13(2,3)17/h4-5,7,12,15,17H,6H2,1-3H3. The molecule has 1 aromatic carbocycles. The van der Waals surface area contributed by atoms with E-state index >= 15 is 0 Å². The van der Waals surface area contributed by atoms with E-state index in [2.05, 4.69) is 5.32 Å². The van der Waals surface area contributed by atoms with Gasteiger partial charge in [-0.05, 0) is 32.9 Å². The van der Waals surface area contributed by atoms with Crippen LogP contribution in [0.25, 0.3) is 0 Å². The molecule has 0 aromatic heterocycles. The second kappa shape index (κ2) is 3.51. The Balaban J connectivity index is 2.16. The minimum Gasteiger partial charge on any atom is -0.489 e. The molecule has 0 aliphatic carbocycles. The predicted molar refractivity (Wildman–Crippen MR) is 67.5 cm³/mol. The highest BCUT2D eigenvalue weighted by Gasteiger charge is 2.45. The van der Waals surface area contributed by atoms with Gasteiger partial charge < -0.3 is 20.1 Å². The first kappa shape index (κ1) is 11.6. The summed E-state index contributed by atoms with van der Waals surface area (Å²) in [5.74, 6) is 0.354. The zero-order chi connectivity index (χ0) is 13.1. The monoisotopic (exact) mass is 252 g/mol. The zero-order valence-electron chi connectivity index (χ0n) is 10.7. The minimum atomic E-state index is -0.978. The molecule has 0 spiro atoms. The van der Waals surface area contributed by atoms with Gasteiger partial charge in [-0.3, -0.25) is 0 Å². The summed E-state index contributed by atoms with van der Waals surface area (Å²) in [6, 6.07) is 3.12. The quantitative estimate of drug-likeness (QED) is 0.801. The summed E-state index contributed by atoms with van der Waals surface area (Å²) in [5, 5.41) is 13.3. The van der Waals surface area contributed by atoms with Crippen molar-refractivity contribution in [3.05, 3.63) is 17.9 Å². The Labute approximate surface area is 105 Å². The molecule has 18 heavy (non-hydrogen) atoms. The summed E-state index contributed by atoms with van der Waals surface area (Å²) in [7, 11) is 0. The first-order chi connectivity index (χ1) is 8.39. The van der Waals surface area contributed by atoms with Crippen molar-refractivity contribution in [2.75, 3.05) is 16.8 Å². The minimum absolute atomic E-state index is 0.0875. The molecule has 2 atom stereocenters. The average molecular weight is 252 g/mol. The zero-order valence-corrected chi connectivity index (χ0v) is 10.7. The van der Waals surface area contributed by atoms with Gasteiger partial charge in [-0.1, -0.05) is 0 Å². The third kappa shape index (κ3) is 1.47. The van der Waals surface area contributed by atoms with Crippen molar-refractivity contribution < 1.29 is 14.2 Å². The third-order valence-corrected chi connectivity index (χ3v) is 3.53. The van der Waals surface area contributed by atoms with Crippen LogP contribution >= 0.6 is 0 Å². The molecule has 0 amide bonds. The molecule has 98 valence electrons. The Hall–Kier alpha value is -1.49. The van der Waals surface area contributed by atoms with E-state index < -0.39 is 5.60 Å². The van der Waals surface area contributed by atoms with E-state index in [0.29, 0.717) is 18.0 Å². The maximum atomic E-state index is 13.9. The lowest BCUT2D eigenvalue weighted by Crippen LogP contribution is -2.56. The van der Waals surface area contributed by atoms with Crippen LogP contribution in [0.2, 0.25) is 0 Å².